The Morgan fingerprint density at radius 1 is 1.15 bits per heavy atom. The normalized spacial score (nSPS) is 17.2. The maximum atomic E-state index is 12.2. The molecule has 0 aromatic carbocycles. The second-order valence-electron chi connectivity index (χ2n) is 1.98. The molecule has 0 heterocycles. The number of hydrogen-bond acceptors (Lipinski definition) is 3. The first-order valence-electron chi connectivity index (χ1n) is 2.50. The largest absolute Gasteiger partial charge is 0.407 e. The van der Waals surface area contributed by atoms with E-state index in [2.05, 4.69) is 12.6 Å². The van der Waals surface area contributed by atoms with E-state index in [1.54, 1.807) is 0 Å². The SMILES string of the molecule is O=S(=O)(O)C(F)(F)C(S)C(F)(F)F. The van der Waals surface area contributed by atoms with Crippen molar-refractivity contribution in [1.29, 1.82) is 0 Å². The van der Waals surface area contributed by atoms with Crippen LogP contribution in [0.2, 0.25) is 0 Å². The summed E-state index contributed by atoms with van der Waals surface area (Å²) in [6.45, 7) is 0. The van der Waals surface area contributed by atoms with Crippen LogP contribution in [-0.2, 0) is 10.1 Å². The lowest BCUT2D eigenvalue weighted by Gasteiger charge is -2.21. The molecular weight excluding hydrogens is 243 g/mol. The number of rotatable bonds is 2. The standard InChI is InChI=1S/C3H3F5O3S2/c4-2(5,6)1(12)3(7,8)13(9,10)11/h1,12H,(H,9,10,11). The first-order chi connectivity index (χ1) is 5.40. The molecule has 1 N–H and O–H groups in total. The van der Waals surface area contributed by atoms with Crippen LogP contribution < -0.4 is 0 Å². The summed E-state index contributed by atoms with van der Waals surface area (Å²) < 4.78 is 86.3. The van der Waals surface area contributed by atoms with Crippen molar-refractivity contribution in [1.82, 2.24) is 0 Å². The van der Waals surface area contributed by atoms with Gasteiger partial charge in [-0.25, -0.2) is 0 Å². The quantitative estimate of drug-likeness (QED) is 0.439. The first-order valence-corrected chi connectivity index (χ1v) is 4.46. The molecule has 0 bridgehead atoms. The van der Waals surface area contributed by atoms with Gasteiger partial charge in [0.05, 0.1) is 0 Å². The molecule has 0 saturated carbocycles. The Morgan fingerprint density at radius 3 is 1.54 bits per heavy atom. The molecule has 0 rings (SSSR count). The van der Waals surface area contributed by atoms with Gasteiger partial charge in [0.25, 0.3) is 0 Å². The van der Waals surface area contributed by atoms with Gasteiger partial charge in [0.15, 0.2) is 5.25 Å². The highest BCUT2D eigenvalue weighted by atomic mass is 32.2. The van der Waals surface area contributed by atoms with Crippen LogP contribution in [0.4, 0.5) is 22.0 Å². The van der Waals surface area contributed by atoms with Gasteiger partial charge in [0, 0.05) is 0 Å². The predicted molar refractivity (Wildman–Crippen MR) is 35.3 cm³/mol. The third-order valence-corrected chi connectivity index (χ3v) is 2.69. The smallest absolute Gasteiger partial charge is 0.281 e. The molecule has 0 aromatic heterocycles. The fourth-order valence-electron chi connectivity index (χ4n) is 0.332. The van der Waals surface area contributed by atoms with Crippen molar-refractivity contribution in [3.8, 4) is 0 Å². The zero-order chi connectivity index (χ0) is 11.1. The molecule has 1 unspecified atom stereocenters. The molecule has 0 aliphatic carbocycles. The van der Waals surface area contributed by atoms with Gasteiger partial charge in [-0.3, -0.25) is 4.55 Å². The zero-order valence-corrected chi connectivity index (χ0v) is 7.30. The Labute approximate surface area is 75.1 Å². The van der Waals surface area contributed by atoms with Crippen LogP contribution in [0.3, 0.4) is 0 Å². The second-order valence-corrected chi connectivity index (χ2v) is 3.99. The fourth-order valence-corrected chi connectivity index (χ4v) is 1.15. The molecule has 13 heavy (non-hydrogen) atoms. The van der Waals surface area contributed by atoms with E-state index in [-0.39, 0.29) is 0 Å². The van der Waals surface area contributed by atoms with Gasteiger partial charge < -0.3 is 0 Å². The van der Waals surface area contributed by atoms with Crippen molar-refractivity contribution in [3.63, 3.8) is 0 Å². The van der Waals surface area contributed by atoms with E-state index >= 15 is 0 Å². The highest BCUT2D eigenvalue weighted by Gasteiger charge is 2.61. The summed E-state index contributed by atoms with van der Waals surface area (Å²) in [5.41, 5.74) is 0. The third kappa shape index (κ3) is 2.68. The summed E-state index contributed by atoms with van der Waals surface area (Å²) in [6, 6.07) is 0. The van der Waals surface area contributed by atoms with Crippen molar-refractivity contribution in [2.45, 2.75) is 16.7 Å². The topological polar surface area (TPSA) is 54.4 Å². The van der Waals surface area contributed by atoms with Crippen molar-refractivity contribution in [3.05, 3.63) is 0 Å². The van der Waals surface area contributed by atoms with Gasteiger partial charge in [-0.05, 0) is 0 Å². The van der Waals surface area contributed by atoms with Gasteiger partial charge >= 0.3 is 21.5 Å². The van der Waals surface area contributed by atoms with E-state index in [9.17, 15) is 30.4 Å². The van der Waals surface area contributed by atoms with Gasteiger partial charge in [-0.2, -0.15) is 43.0 Å². The van der Waals surface area contributed by atoms with Crippen LogP contribution in [0.25, 0.3) is 0 Å². The summed E-state index contributed by atoms with van der Waals surface area (Å²) in [6.07, 6.45) is -5.53. The van der Waals surface area contributed by atoms with E-state index in [1.165, 1.54) is 0 Å². The monoisotopic (exact) mass is 246 g/mol. The maximum Gasteiger partial charge on any atom is 0.407 e. The van der Waals surface area contributed by atoms with Gasteiger partial charge in [0.2, 0.25) is 0 Å². The van der Waals surface area contributed by atoms with Crippen molar-refractivity contribution >= 4 is 22.7 Å². The average Bonchev–Trinajstić information content (AvgIpc) is 1.81. The Kier molecular flexibility index (Phi) is 3.22. The Hall–Kier alpha value is -0.0900. The van der Waals surface area contributed by atoms with E-state index in [1.807, 2.05) is 0 Å². The lowest BCUT2D eigenvalue weighted by atomic mass is 10.4. The number of hydrogen-bond donors (Lipinski definition) is 2. The molecule has 0 radical (unpaired) electrons. The maximum absolute atomic E-state index is 12.2. The minimum Gasteiger partial charge on any atom is -0.281 e. The molecular formula is C3H3F5O3S2. The molecule has 0 amide bonds. The van der Waals surface area contributed by atoms with Crippen molar-refractivity contribution < 1.29 is 34.9 Å². The molecule has 0 aromatic rings. The summed E-state index contributed by atoms with van der Waals surface area (Å²) >= 11 is 2.37. The fraction of sp³-hybridized carbons (Fsp3) is 1.00. The Balaban J connectivity index is 5.09. The molecule has 0 aliphatic heterocycles. The highest BCUT2D eigenvalue weighted by Crippen LogP contribution is 2.38. The van der Waals surface area contributed by atoms with Crippen molar-refractivity contribution in [2.24, 2.45) is 0 Å². The Bertz CT molecular complexity index is 280. The zero-order valence-electron chi connectivity index (χ0n) is 5.59. The average molecular weight is 246 g/mol. The molecule has 0 saturated heterocycles. The van der Waals surface area contributed by atoms with Crippen LogP contribution in [-0.4, -0.2) is 29.7 Å². The lowest BCUT2D eigenvalue weighted by molar-refractivity contribution is -0.160. The van der Waals surface area contributed by atoms with Crippen LogP contribution in [0.15, 0.2) is 0 Å². The predicted octanol–water partition coefficient (Wildman–Crippen LogP) is 1.33. The second kappa shape index (κ2) is 3.24. The molecule has 0 fully saturated rings. The third-order valence-electron chi connectivity index (χ3n) is 0.972. The lowest BCUT2D eigenvalue weighted by Crippen LogP contribution is -2.46. The van der Waals surface area contributed by atoms with Crippen LogP contribution in [0.5, 0.6) is 0 Å². The van der Waals surface area contributed by atoms with E-state index < -0.39 is 26.8 Å². The summed E-state index contributed by atoms with van der Waals surface area (Å²) in [7, 11) is -6.11. The Morgan fingerprint density at radius 2 is 1.46 bits per heavy atom. The molecule has 10 heteroatoms. The molecule has 0 spiro atoms. The first kappa shape index (κ1) is 12.9. The molecule has 3 nitrogen and oxygen atoms in total. The number of thiol groups is 1. The van der Waals surface area contributed by atoms with Gasteiger partial charge in [0.1, 0.15) is 0 Å². The van der Waals surface area contributed by atoms with E-state index in [0.717, 1.165) is 0 Å². The minimum absolute atomic E-state index is 2.37. The highest BCUT2D eigenvalue weighted by molar-refractivity contribution is 7.89. The van der Waals surface area contributed by atoms with Crippen LogP contribution >= 0.6 is 12.6 Å². The minimum atomic E-state index is -6.11. The van der Waals surface area contributed by atoms with E-state index in [0.29, 0.717) is 0 Å². The molecule has 80 valence electrons. The van der Waals surface area contributed by atoms with E-state index in [4.69, 9.17) is 4.55 Å². The summed E-state index contributed by atoms with van der Waals surface area (Å²) in [5.74, 6) is 0. The van der Waals surface area contributed by atoms with Crippen LogP contribution in [0, 0.1) is 0 Å². The molecule has 1 atom stereocenters. The van der Waals surface area contributed by atoms with Crippen molar-refractivity contribution in [2.75, 3.05) is 0 Å². The van der Waals surface area contributed by atoms with Gasteiger partial charge in [-0.1, -0.05) is 0 Å². The van der Waals surface area contributed by atoms with Gasteiger partial charge in [-0.15, -0.1) is 0 Å². The number of halogens is 5. The number of alkyl halides is 5. The summed E-state index contributed by atoms with van der Waals surface area (Å²) in [4.78, 5) is 0. The molecule has 0 aliphatic rings. The summed E-state index contributed by atoms with van der Waals surface area (Å²) in [5, 5.41) is -9.11. The van der Waals surface area contributed by atoms with Crippen LogP contribution in [0.1, 0.15) is 0 Å².